The molecule has 2 unspecified atom stereocenters. The molecule has 106 valence electrons. The molecule has 3 heteroatoms. The van der Waals surface area contributed by atoms with Crippen LogP contribution in [0.3, 0.4) is 0 Å². The lowest BCUT2D eigenvalue weighted by Crippen LogP contribution is -2.56. The molecule has 0 aromatic heterocycles. The van der Waals surface area contributed by atoms with Crippen molar-refractivity contribution in [2.24, 2.45) is 0 Å². The number of hydrogen-bond donors (Lipinski definition) is 1. The summed E-state index contributed by atoms with van der Waals surface area (Å²) in [5, 5.41) is 3.70. The van der Waals surface area contributed by atoms with E-state index in [0.717, 1.165) is 13.1 Å². The van der Waals surface area contributed by atoms with Crippen molar-refractivity contribution < 1.29 is 0 Å². The molecule has 1 aliphatic rings. The van der Waals surface area contributed by atoms with Crippen molar-refractivity contribution in [1.29, 1.82) is 0 Å². The van der Waals surface area contributed by atoms with Gasteiger partial charge >= 0.3 is 0 Å². The third-order valence-electron chi connectivity index (χ3n) is 4.02. The summed E-state index contributed by atoms with van der Waals surface area (Å²) in [5.74, 6) is 0. The first-order chi connectivity index (χ1) is 9.15. The fraction of sp³-hybridized carbons (Fsp3) is 0.625. The number of benzene rings is 1. The SMILES string of the molecule is CCCC1CN(c2cc(C)ccc2Br)C(CC)CN1. The summed E-state index contributed by atoms with van der Waals surface area (Å²) in [5.41, 5.74) is 2.69. The quantitative estimate of drug-likeness (QED) is 0.896. The van der Waals surface area contributed by atoms with Crippen molar-refractivity contribution in [2.45, 2.75) is 52.1 Å². The van der Waals surface area contributed by atoms with E-state index in [1.807, 2.05) is 0 Å². The van der Waals surface area contributed by atoms with Gasteiger partial charge in [-0.2, -0.15) is 0 Å². The first kappa shape index (κ1) is 14.9. The van der Waals surface area contributed by atoms with Gasteiger partial charge in [-0.15, -0.1) is 0 Å². The van der Waals surface area contributed by atoms with E-state index in [0.29, 0.717) is 12.1 Å². The van der Waals surface area contributed by atoms with Gasteiger partial charge in [-0.25, -0.2) is 0 Å². The van der Waals surface area contributed by atoms with E-state index in [1.54, 1.807) is 0 Å². The Kier molecular flexibility index (Phi) is 5.28. The summed E-state index contributed by atoms with van der Waals surface area (Å²) < 4.78 is 1.22. The largest absolute Gasteiger partial charge is 0.365 e. The number of rotatable bonds is 4. The molecule has 1 aliphatic heterocycles. The maximum Gasteiger partial charge on any atom is 0.0516 e. The van der Waals surface area contributed by atoms with Crippen molar-refractivity contribution >= 4 is 21.6 Å². The second-order valence-electron chi connectivity index (χ2n) is 5.56. The van der Waals surface area contributed by atoms with Gasteiger partial charge in [-0.1, -0.05) is 26.3 Å². The molecule has 19 heavy (non-hydrogen) atoms. The minimum Gasteiger partial charge on any atom is -0.365 e. The average molecular weight is 325 g/mol. The molecule has 2 nitrogen and oxygen atoms in total. The topological polar surface area (TPSA) is 15.3 Å². The molecule has 1 aromatic rings. The Labute approximate surface area is 125 Å². The molecule has 0 radical (unpaired) electrons. The minimum atomic E-state index is 0.603. The standard InChI is InChI=1S/C16H25BrN2/c1-4-6-13-11-19(14(5-2)10-18-13)16-9-12(3)7-8-15(16)17/h7-9,13-14,18H,4-6,10-11H2,1-3H3. The van der Waals surface area contributed by atoms with E-state index < -0.39 is 0 Å². The lowest BCUT2D eigenvalue weighted by molar-refractivity contribution is 0.369. The van der Waals surface area contributed by atoms with Gasteiger partial charge in [0.15, 0.2) is 0 Å². The van der Waals surface area contributed by atoms with E-state index in [9.17, 15) is 0 Å². The van der Waals surface area contributed by atoms with Crippen molar-refractivity contribution in [3.8, 4) is 0 Å². The molecule has 1 N–H and O–H groups in total. The van der Waals surface area contributed by atoms with Crippen LogP contribution in [0.5, 0.6) is 0 Å². The number of aryl methyl sites for hydroxylation is 1. The third kappa shape index (κ3) is 3.51. The Morgan fingerprint density at radius 3 is 2.84 bits per heavy atom. The predicted octanol–water partition coefficient (Wildman–Crippen LogP) is 4.11. The highest BCUT2D eigenvalue weighted by atomic mass is 79.9. The summed E-state index contributed by atoms with van der Waals surface area (Å²) in [6.45, 7) is 8.93. The van der Waals surface area contributed by atoms with E-state index in [1.165, 1.54) is 35.0 Å². The molecule has 0 bridgehead atoms. The van der Waals surface area contributed by atoms with E-state index in [-0.39, 0.29) is 0 Å². The fourth-order valence-electron chi connectivity index (χ4n) is 2.91. The van der Waals surface area contributed by atoms with Crippen LogP contribution < -0.4 is 10.2 Å². The van der Waals surface area contributed by atoms with Crippen LogP contribution in [0, 0.1) is 6.92 Å². The van der Waals surface area contributed by atoms with Crippen LogP contribution in [0.15, 0.2) is 22.7 Å². The number of hydrogen-bond acceptors (Lipinski definition) is 2. The minimum absolute atomic E-state index is 0.603. The van der Waals surface area contributed by atoms with Crippen LogP contribution in [0.2, 0.25) is 0 Å². The molecule has 0 amide bonds. The molecular formula is C16H25BrN2. The van der Waals surface area contributed by atoms with Crippen molar-refractivity contribution in [3.63, 3.8) is 0 Å². The molecule has 2 atom stereocenters. The van der Waals surface area contributed by atoms with Gasteiger partial charge in [0.25, 0.3) is 0 Å². The summed E-state index contributed by atoms with van der Waals surface area (Å²) in [4.78, 5) is 2.59. The Bertz CT molecular complexity index is 419. The van der Waals surface area contributed by atoms with Gasteiger partial charge in [0.1, 0.15) is 0 Å². The number of halogens is 1. The van der Waals surface area contributed by atoms with E-state index in [2.05, 4.69) is 65.1 Å². The molecule has 1 fully saturated rings. The highest BCUT2D eigenvalue weighted by molar-refractivity contribution is 9.10. The van der Waals surface area contributed by atoms with Crippen LogP contribution in [-0.4, -0.2) is 25.2 Å². The number of nitrogens with zero attached hydrogens (tertiary/aromatic N) is 1. The lowest BCUT2D eigenvalue weighted by Gasteiger charge is -2.42. The first-order valence-corrected chi connectivity index (χ1v) is 8.21. The Balaban J connectivity index is 2.24. The van der Waals surface area contributed by atoms with Gasteiger partial charge in [-0.05, 0) is 53.4 Å². The lowest BCUT2D eigenvalue weighted by atomic mass is 10.0. The maximum absolute atomic E-state index is 3.72. The molecular weight excluding hydrogens is 300 g/mol. The first-order valence-electron chi connectivity index (χ1n) is 7.41. The zero-order chi connectivity index (χ0) is 13.8. The van der Waals surface area contributed by atoms with Crippen LogP contribution in [-0.2, 0) is 0 Å². The second-order valence-corrected chi connectivity index (χ2v) is 6.42. The van der Waals surface area contributed by atoms with Gasteiger partial charge in [-0.3, -0.25) is 0 Å². The van der Waals surface area contributed by atoms with E-state index in [4.69, 9.17) is 0 Å². The highest BCUT2D eigenvalue weighted by Crippen LogP contribution is 2.31. The monoisotopic (exact) mass is 324 g/mol. The summed E-state index contributed by atoms with van der Waals surface area (Å²) in [6.07, 6.45) is 3.69. The smallest absolute Gasteiger partial charge is 0.0516 e. The summed E-state index contributed by atoms with van der Waals surface area (Å²) in [7, 11) is 0. The predicted molar refractivity (Wildman–Crippen MR) is 87.0 cm³/mol. The molecule has 1 heterocycles. The fourth-order valence-corrected chi connectivity index (χ4v) is 3.38. The van der Waals surface area contributed by atoms with Crippen LogP contribution in [0.4, 0.5) is 5.69 Å². The molecule has 0 saturated carbocycles. The average Bonchev–Trinajstić information content (AvgIpc) is 2.42. The zero-order valence-electron chi connectivity index (χ0n) is 12.2. The maximum atomic E-state index is 3.72. The molecule has 0 aliphatic carbocycles. The molecule has 1 saturated heterocycles. The van der Waals surface area contributed by atoms with Crippen molar-refractivity contribution in [3.05, 3.63) is 28.2 Å². The molecule has 2 rings (SSSR count). The summed E-state index contributed by atoms with van der Waals surface area (Å²) >= 11 is 3.72. The summed E-state index contributed by atoms with van der Waals surface area (Å²) in [6, 6.07) is 7.88. The number of piperazine rings is 1. The van der Waals surface area contributed by atoms with Crippen LogP contribution in [0.1, 0.15) is 38.7 Å². The van der Waals surface area contributed by atoms with Gasteiger partial charge in [0.2, 0.25) is 0 Å². The van der Waals surface area contributed by atoms with Gasteiger partial charge < -0.3 is 10.2 Å². The van der Waals surface area contributed by atoms with Crippen molar-refractivity contribution in [1.82, 2.24) is 5.32 Å². The van der Waals surface area contributed by atoms with Crippen LogP contribution >= 0.6 is 15.9 Å². The Hall–Kier alpha value is -0.540. The Morgan fingerprint density at radius 1 is 1.37 bits per heavy atom. The zero-order valence-corrected chi connectivity index (χ0v) is 13.8. The number of anilines is 1. The second kappa shape index (κ2) is 6.76. The van der Waals surface area contributed by atoms with Gasteiger partial charge in [0, 0.05) is 29.6 Å². The molecule has 1 aromatic carbocycles. The molecule has 0 spiro atoms. The highest BCUT2D eigenvalue weighted by Gasteiger charge is 2.27. The van der Waals surface area contributed by atoms with Crippen molar-refractivity contribution in [2.75, 3.05) is 18.0 Å². The number of nitrogens with one attached hydrogen (secondary N) is 1. The normalized spacial score (nSPS) is 23.7. The third-order valence-corrected chi connectivity index (χ3v) is 4.69. The van der Waals surface area contributed by atoms with Gasteiger partial charge in [0.05, 0.1) is 5.69 Å². The Morgan fingerprint density at radius 2 is 2.16 bits per heavy atom. The van der Waals surface area contributed by atoms with E-state index >= 15 is 0 Å². The van der Waals surface area contributed by atoms with Crippen LogP contribution in [0.25, 0.3) is 0 Å².